The smallest absolute Gasteiger partial charge is 0.462 e. The third-order valence-electron chi connectivity index (χ3n) is 16.0. The molecule has 0 rings (SSSR count). The van der Waals surface area contributed by atoms with E-state index in [1.807, 2.05) is 0 Å². The number of esters is 4. The van der Waals surface area contributed by atoms with Crippen molar-refractivity contribution in [3.63, 3.8) is 0 Å². The van der Waals surface area contributed by atoms with E-state index < -0.39 is 97.5 Å². The Kier molecular flexibility index (Phi) is 68.4. The molecule has 0 saturated carbocycles. The maximum absolute atomic E-state index is 13.1. The van der Waals surface area contributed by atoms with Crippen LogP contribution in [0.1, 0.15) is 323 Å². The summed E-state index contributed by atoms with van der Waals surface area (Å²) in [5, 5.41) is 10.6. The van der Waals surface area contributed by atoms with Crippen molar-refractivity contribution >= 4 is 39.5 Å². The van der Waals surface area contributed by atoms with Crippen LogP contribution in [0.2, 0.25) is 0 Å². The van der Waals surface area contributed by atoms with Crippen molar-refractivity contribution in [2.75, 3.05) is 39.6 Å². The lowest BCUT2D eigenvalue weighted by atomic mass is 10.0. The highest BCUT2D eigenvalue weighted by atomic mass is 31.2. The average molecular weight is 1420 g/mol. The number of hydrogen-bond donors (Lipinski definition) is 3. The summed E-state index contributed by atoms with van der Waals surface area (Å²) in [5.41, 5.74) is 0. The number of rotatable bonds is 72. The zero-order chi connectivity index (χ0) is 71.8. The van der Waals surface area contributed by atoms with Gasteiger partial charge in [0, 0.05) is 25.7 Å². The van der Waals surface area contributed by atoms with E-state index >= 15 is 0 Å². The fraction of sp³-hybridized carbons (Fsp3) is 0.747. The van der Waals surface area contributed by atoms with Crippen molar-refractivity contribution < 1.29 is 80.2 Å². The molecule has 0 aliphatic carbocycles. The molecule has 0 aromatic rings. The topological polar surface area (TPSA) is 237 Å². The summed E-state index contributed by atoms with van der Waals surface area (Å²) in [7, 11) is -9.96. The zero-order valence-corrected chi connectivity index (χ0v) is 63.5. The van der Waals surface area contributed by atoms with Crippen molar-refractivity contribution in [3.05, 3.63) is 97.2 Å². The van der Waals surface area contributed by atoms with E-state index in [4.69, 9.17) is 37.0 Å². The monoisotopic (exact) mass is 1420 g/mol. The molecule has 0 saturated heterocycles. The van der Waals surface area contributed by atoms with Gasteiger partial charge in [-0.1, -0.05) is 273 Å². The Balaban J connectivity index is 5.37. The van der Waals surface area contributed by atoms with E-state index in [1.54, 1.807) is 0 Å². The largest absolute Gasteiger partial charge is 0.472 e. The van der Waals surface area contributed by atoms with E-state index in [-0.39, 0.29) is 25.7 Å². The predicted molar refractivity (Wildman–Crippen MR) is 399 cm³/mol. The molecule has 0 amide bonds. The van der Waals surface area contributed by atoms with E-state index in [0.29, 0.717) is 25.7 Å². The zero-order valence-electron chi connectivity index (χ0n) is 61.7. The van der Waals surface area contributed by atoms with Gasteiger partial charge in [-0.05, 0) is 122 Å². The number of allylic oxidation sites excluding steroid dienone is 16. The van der Waals surface area contributed by atoms with Crippen molar-refractivity contribution in [2.24, 2.45) is 0 Å². The first-order valence-electron chi connectivity index (χ1n) is 38.5. The van der Waals surface area contributed by atoms with E-state index in [2.05, 4.69) is 125 Å². The normalized spacial score (nSPS) is 14.5. The second-order valence-electron chi connectivity index (χ2n) is 25.6. The Morgan fingerprint density at radius 1 is 0.296 bits per heavy atom. The van der Waals surface area contributed by atoms with Crippen molar-refractivity contribution in [1.29, 1.82) is 0 Å². The van der Waals surface area contributed by atoms with Crippen LogP contribution >= 0.6 is 15.6 Å². The van der Waals surface area contributed by atoms with Crippen molar-refractivity contribution in [1.82, 2.24) is 0 Å². The molecule has 0 aliphatic rings. The van der Waals surface area contributed by atoms with Crippen LogP contribution in [0.15, 0.2) is 97.2 Å². The first-order chi connectivity index (χ1) is 47.7. The van der Waals surface area contributed by atoms with Crippen LogP contribution in [-0.4, -0.2) is 96.7 Å². The van der Waals surface area contributed by atoms with E-state index in [1.165, 1.54) is 70.6 Å². The number of aliphatic hydroxyl groups excluding tert-OH is 1. The Hall–Kier alpha value is -4.02. The molecule has 0 bridgehead atoms. The molecular formula is C79H138O17P2. The van der Waals surface area contributed by atoms with Gasteiger partial charge in [-0.2, -0.15) is 0 Å². The molecule has 19 heteroatoms. The number of unbranched alkanes of at least 4 members (excludes halogenated alkanes) is 30. The molecule has 0 heterocycles. The highest BCUT2D eigenvalue weighted by Gasteiger charge is 2.30. The van der Waals surface area contributed by atoms with Crippen LogP contribution in [0.5, 0.6) is 0 Å². The summed E-state index contributed by atoms with van der Waals surface area (Å²) in [6.07, 6.45) is 73.9. The molecule has 0 aromatic heterocycles. The van der Waals surface area contributed by atoms with E-state index in [0.717, 1.165) is 173 Å². The minimum Gasteiger partial charge on any atom is -0.462 e. The lowest BCUT2D eigenvalue weighted by Crippen LogP contribution is -2.30. The molecule has 0 spiro atoms. The highest BCUT2D eigenvalue weighted by Crippen LogP contribution is 2.45. The SMILES string of the molecule is CC/C=C\C/C=C\C/C=C\C/C=C\CCCCCCC(=O)OCC(COP(=O)(O)OCC(O)COP(=O)(O)OCC(COC(=O)CCCCCCC/C=C\C/C=C\CCC)OC(=O)CCCCCCCCCCCCCCC)OC(=O)CCCCCCC/C=C\C/C=C\CCCCC. The van der Waals surface area contributed by atoms with Crippen LogP contribution in [0.3, 0.4) is 0 Å². The third kappa shape index (κ3) is 70.4. The summed E-state index contributed by atoms with van der Waals surface area (Å²) in [6.45, 7) is 4.64. The van der Waals surface area contributed by atoms with Crippen LogP contribution in [0.25, 0.3) is 0 Å². The van der Waals surface area contributed by atoms with Gasteiger partial charge < -0.3 is 33.8 Å². The molecule has 5 unspecified atom stereocenters. The number of phosphoric acid groups is 2. The predicted octanol–water partition coefficient (Wildman–Crippen LogP) is 22.0. The summed E-state index contributed by atoms with van der Waals surface area (Å²) >= 11 is 0. The van der Waals surface area contributed by atoms with Crippen LogP contribution in [0, 0.1) is 0 Å². The maximum atomic E-state index is 13.1. The third-order valence-corrected chi connectivity index (χ3v) is 17.9. The number of aliphatic hydroxyl groups is 1. The second-order valence-corrected chi connectivity index (χ2v) is 28.5. The molecule has 0 radical (unpaired) electrons. The van der Waals surface area contributed by atoms with E-state index in [9.17, 15) is 43.2 Å². The average Bonchev–Trinajstić information content (AvgIpc) is 1.05. The van der Waals surface area contributed by atoms with Crippen LogP contribution in [-0.2, 0) is 65.4 Å². The Bertz CT molecular complexity index is 2240. The lowest BCUT2D eigenvalue weighted by molar-refractivity contribution is -0.161. The molecule has 566 valence electrons. The molecule has 5 atom stereocenters. The van der Waals surface area contributed by atoms with Gasteiger partial charge in [-0.25, -0.2) is 9.13 Å². The minimum atomic E-state index is -4.98. The van der Waals surface area contributed by atoms with Gasteiger partial charge in [0.25, 0.3) is 0 Å². The maximum Gasteiger partial charge on any atom is 0.472 e. The molecule has 0 fully saturated rings. The lowest BCUT2D eigenvalue weighted by Gasteiger charge is -2.21. The second kappa shape index (κ2) is 71.4. The molecule has 0 aromatic carbocycles. The number of carbonyl (C=O) groups excluding carboxylic acids is 4. The molecule has 17 nitrogen and oxygen atoms in total. The summed E-state index contributed by atoms with van der Waals surface area (Å²) in [5.74, 6) is -2.22. The summed E-state index contributed by atoms with van der Waals surface area (Å²) < 4.78 is 68.5. The highest BCUT2D eigenvalue weighted by molar-refractivity contribution is 7.47. The van der Waals surface area contributed by atoms with Gasteiger partial charge in [0.15, 0.2) is 12.2 Å². The number of hydrogen-bond acceptors (Lipinski definition) is 15. The first-order valence-corrected chi connectivity index (χ1v) is 41.5. The number of ether oxygens (including phenoxy) is 4. The summed E-state index contributed by atoms with van der Waals surface area (Å²) in [4.78, 5) is 72.8. The molecule has 0 aliphatic heterocycles. The molecule has 3 N–H and O–H groups in total. The summed E-state index contributed by atoms with van der Waals surface area (Å²) in [6, 6.07) is 0. The fourth-order valence-corrected chi connectivity index (χ4v) is 11.7. The molecular weight excluding hydrogens is 1280 g/mol. The quantitative estimate of drug-likeness (QED) is 0.0169. The van der Waals surface area contributed by atoms with Gasteiger partial charge >= 0.3 is 39.5 Å². The Labute approximate surface area is 595 Å². The van der Waals surface area contributed by atoms with Gasteiger partial charge in [0.2, 0.25) is 0 Å². The molecule has 98 heavy (non-hydrogen) atoms. The number of phosphoric ester groups is 2. The van der Waals surface area contributed by atoms with Crippen LogP contribution in [0.4, 0.5) is 0 Å². The minimum absolute atomic E-state index is 0.0731. The van der Waals surface area contributed by atoms with Gasteiger partial charge in [-0.3, -0.25) is 37.3 Å². The Morgan fingerprint density at radius 2 is 0.551 bits per heavy atom. The van der Waals surface area contributed by atoms with Gasteiger partial charge in [0.1, 0.15) is 19.3 Å². The first kappa shape index (κ1) is 94.0. The van der Waals surface area contributed by atoms with Crippen molar-refractivity contribution in [2.45, 2.75) is 341 Å². The van der Waals surface area contributed by atoms with Gasteiger partial charge in [-0.15, -0.1) is 0 Å². The fourth-order valence-electron chi connectivity index (χ4n) is 10.2. The van der Waals surface area contributed by atoms with Gasteiger partial charge in [0.05, 0.1) is 26.4 Å². The van der Waals surface area contributed by atoms with Crippen LogP contribution < -0.4 is 0 Å². The number of carbonyl (C=O) groups is 4. The Morgan fingerprint density at radius 3 is 0.878 bits per heavy atom. The standard InChI is InChI=1S/C79H138O17P2/c1-5-9-13-17-21-25-29-33-35-36-38-41-44-48-52-56-60-64-77(82)90-70-75(96-79(84)66-62-58-54-50-46-42-37-34-30-26-22-18-14-10-6-2)72-94-98(87,88)92-68-73(80)67-91-97(85,86)93-71-74(95-78(83)65-61-57-53-49-45-40-32-28-24-20-16-12-8-4)69-89-76(81)63-59-55-51-47-43-39-31-27-23-19-15-11-7-3/h9,13,15,19,21-22,25-27,31,33-35,37-38,41,73-75,80H,5-8,10-12,14,16-18,20,23-24,28-30,32,36,39-40,42-72H2,1-4H3,(H,85,86)(H,87,88)/b13-9-,19-15-,25-21-,26-22-,31-27-,35-33-,37-34-,41-38-. The van der Waals surface area contributed by atoms with Crippen molar-refractivity contribution in [3.8, 4) is 0 Å².